The van der Waals surface area contributed by atoms with Gasteiger partial charge >= 0.3 is 0 Å². The molecule has 3 aromatic rings. The number of ether oxygens (including phenoxy) is 2. The van der Waals surface area contributed by atoms with Crippen LogP contribution in [0.5, 0.6) is 5.75 Å². The third-order valence-electron chi connectivity index (χ3n) is 5.28. The minimum absolute atomic E-state index is 0.718. The molecule has 28 heavy (non-hydrogen) atoms. The molecule has 1 saturated heterocycles. The molecule has 6 heteroatoms. The Morgan fingerprint density at radius 1 is 1.14 bits per heavy atom. The Morgan fingerprint density at radius 3 is 2.82 bits per heavy atom. The quantitative estimate of drug-likeness (QED) is 0.588. The summed E-state index contributed by atoms with van der Waals surface area (Å²) in [6.07, 6.45) is 4.00. The molecule has 0 atom stereocenters. The van der Waals surface area contributed by atoms with Crippen LogP contribution in [0.2, 0.25) is 0 Å². The second-order valence-electron chi connectivity index (χ2n) is 7.33. The Hall–Kier alpha value is -2.44. The predicted octanol–water partition coefficient (Wildman–Crippen LogP) is 3.43. The number of hydrogen-bond acceptors (Lipinski definition) is 5. The average molecular weight is 380 g/mol. The largest absolute Gasteiger partial charge is 0.493 e. The number of aromatic nitrogens is 3. The van der Waals surface area contributed by atoms with E-state index >= 15 is 0 Å². The molecule has 1 aromatic carbocycles. The van der Waals surface area contributed by atoms with Crippen molar-refractivity contribution >= 4 is 11.0 Å². The molecule has 0 unspecified atom stereocenters. The maximum Gasteiger partial charge on any atom is 0.128 e. The van der Waals surface area contributed by atoms with Crippen molar-refractivity contribution in [3.8, 4) is 17.0 Å². The number of rotatable bonds is 7. The zero-order valence-corrected chi connectivity index (χ0v) is 16.7. The van der Waals surface area contributed by atoms with E-state index in [1.165, 1.54) is 5.56 Å². The topological polar surface area (TPSA) is 52.4 Å². The van der Waals surface area contributed by atoms with Crippen LogP contribution >= 0.6 is 0 Å². The Balaban J connectivity index is 1.41. The number of aryl methyl sites for hydroxylation is 2. The summed E-state index contributed by atoms with van der Waals surface area (Å²) in [6.45, 7) is 7.75. The van der Waals surface area contributed by atoms with Crippen LogP contribution in [0.1, 0.15) is 18.4 Å². The standard InChI is InChI=1S/C22H28N4O2/c1-17-15-19(24-20-16-23-25(2)22(17)20)18-7-3-4-8-21(18)28-12-6-5-9-26-10-13-27-14-11-26/h3-4,7-8,15-16H,5-6,9-14H2,1-2H3. The van der Waals surface area contributed by atoms with E-state index in [9.17, 15) is 0 Å². The molecule has 0 radical (unpaired) electrons. The summed E-state index contributed by atoms with van der Waals surface area (Å²) in [5.41, 5.74) is 5.12. The second kappa shape index (κ2) is 8.71. The fourth-order valence-electron chi connectivity index (χ4n) is 3.79. The molecule has 0 spiro atoms. The molecule has 4 rings (SSSR count). The van der Waals surface area contributed by atoms with Crippen molar-refractivity contribution in [3.63, 3.8) is 0 Å². The normalized spacial score (nSPS) is 15.2. The summed E-state index contributed by atoms with van der Waals surface area (Å²) >= 11 is 0. The fraction of sp³-hybridized carbons (Fsp3) is 0.455. The van der Waals surface area contributed by atoms with Gasteiger partial charge in [0.05, 0.1) is 37.2 Å². The summed E-state index contributed by atoms with van der Waals surface area (Å²) in [4.78, 5) is 7.28. The van der Waals surface area contributed by atoms with E-state index in [-0.39, 0.29) is 0 Å². The first-order chi connectivity index (χ1) is 13.7. The van der Waals surface area contributed by atoms with E-state index in [1.54, 1.807) is 0 Å². The summed E-state index contributed by atoms with van der Waals surface area (Å²) in [5.74, 6) is 0.893. The maximum absolute atomic E-state index is 6.13. The van der Waals surface area contributed by atoms with Gasteiger partial charge in [-0.25, -0.2) is 4.98 Å². The van der Waals surface area contributed by atoms with E-state index in [1.807, 2.05) is 36.1 Å². The molecular formula is C22H28N4O2. The van der Waals surface area contributed by atoms with Crippen LogP contribution in [0.15, 0.2) is 36.5 Å². The average Bonchev–Trinajstić information content (AvgIpc) is 3.10. The number of para-hydroxylation sites is 1. The Kier molecular flexibility index (Phi) is 5.88. The molecule has 6 nitrogen and oxygen atoms in total. The van der Waals surface area contributed by atoms with E-state index < -0.39 is 0 Å². The van der Waals surface area contributed by atoms with Gasteiger partial charge in [-0.15, -0.1) is 0 Å². The van der Waals surface area contributed by atoms with Crippen molar-refractivity contribution in [2.45, 2.75) is 19.8 Å². The monoisotopic (exact) mass is 380 g/mol. The molecule has 0 saturated carbocycles. The first-order valence-corrected chi connectivity index (χ1v) is 10.0. The van der Waals surface area contributed by atoms with Crippen LogP contribution in [0.4, 0.5) is 0 Å². The highest BCUT2D eigenvalue weighted by atomic mass is 16.5. The molecule has 3 heterocycles. The summed E-state index contributed by atoms with van der Waals surface area (Å²) in [6, 6.07) is 10.3. The molecule has 1 aliphatic heterocycles. The van der Waals surface area contributed by atoms with Crippen molar-refractivity contribution in [2.75, 3.05) is 39.5 Å². The molecule has 0 N–H and O–H groups in total. The van der Waals surface area contributed by atoms with Gasteiger partial charge in [0, 0.05) is 25.7 Å². The number of morpholine rings is 1. The fourth-order valence-corrected chi connectivity index (χ4v) is 3.79. The highest BCUT2D eigenvalue weighted by molar-refractivity contribution is 5.82. The molecular weight excluding hydrogens is 352 g/mol. The Labute approximate surface area is 166 Å². The molecule has 0 amide bonds. The SMILES string of the molecule is Cc1cc(-c2ccccc2OCCCCN2CCOCC2)nc2cnn(C)c12. The molecule has 1 fully saturated rings. The van der Waals surface area contributed by atoms with Crippen molar-refractivity contribution in [2.24, 2.45) is 7.05 Å². The minimum Gasteiger partial charge on any atom is -0.493 e. The lowest BCUT2D eigenvalue weighted by molar-refractivity contribution is 0.0368. The number of unbranched alkanes of at least 4 members (excludes halogenated alkanes) is 1. The molecule has 1 aliphatic rings. The van der Waals surface area contributed by atoms with Crippen LogP contribution in [0.25, 0.3) is 22.3 Å². The summed E-state index contributed by atoms with van der Waals surface area (Å²) < 4.78 is 13.4. The molecule has 148 valence electrons. The van der Waals surface area contributed by atoms with Gasteiger partial charge in [0.25, 0.3) is 0 Å². The zero-order valence-electron chi connectivity index (χ0n) is 16.7. The highest BCUT2D eigenvalue weighted by Crippen LogP contribution is 2.31. The van der Waals surface area contributed by atoms with E-state index in [4.69, 9.17) is 14.5 Å². The van der Waals surface area contributed by atoms with Crippen molar-refractivity contribution in [1.82, 2.24) is 19.7 Å². The number of fused-ring (bicyclic) bond motifs is 1. The van der Waals surface area contributed by atoms with Gasteiger partial charge in [-0.1, -0.05) is 12.1 Å². The van der Waals surface area contributed by atoms with Crippen molar-refractivity contribution < 1.29 is 9.47 Å². The molecule has 0 aliphatic carbocycles. The Morgan fingerprint density at radius 2 is 1.96 bits per heavy atom. The second-order valence-corrected chi connectivity index (χ2v) is 7.33. The van der Waals surface area contributed by atoms with Gasteiger partial charge in [0.15, 0.2) is 0 Å². The maximum atomic E-state index is 6.13. The minimum atomic E-state index is 0.718. The van der Waals surface area contributed by atoms with Gasteiger partial charge in [-0.05, 0) is 50.1 Å². The third-order valence-corrected chi connectivity index (χ3v) is 5.28. The number of hydrogen-bond donors (Lipinski definition) is 0. The molecule has 0 bridgehead atoms. The lowest BCUT2D eigenvalue weighted by Gasteiger charge is -2.26. The van der Waals surface area contributed by atoms with Crippen LogP contribution in [-0.2, 0) is 11.8 Å². The van der Waals surface area contributed by atoms with Crippen molar-refractivity contribution in [1.29, 1.82) is 0 Å². The van der Waals surface area contributed by atoms with Crippen LogP contribution < -0.4 is 4.74 Å². The van der Waals surface area contributed by atoms with E-state index in [0.29, 0.717) is 0 Å². The van der Waals surface area contributed by atoms with Crippen LogP contribution in [0, 0.1) is 6.92 Å². The lowest BCUT2D eigenvalue weighted by atomic mass is 10.1. The van der Waals surface area contributed by atoms with Crippen LogP contribution in [0.3, 0.4) is 0 Å². The zero-order chi connectivity index (χ0) is 19.3. The molecule has 2 aromatic heterocycles. The van der Waals surface area contributed by atoms with E-state index in [2.05, 4.69) is 29.1 Å². The predicted molar refractivity (Wildman–Crippen MR) is 111 cm³/mol. The van der Waals surface area contributed by atoms with Gasteiger partial charge in [0.2, 0.25) is 0 Å². The summed E-state index contributed by atoms with van der Waals surface area (Å²) in [7, 11) is 1.95. The van der Waals surface area contributed by atoms with Gasteiger partial charge in [0.1, 0.15) is 11.3 Å². The summed E-state index contributed by atoms with van der Waals surface area (Å²) in [5, 5.41) is 4.33. The van der Waals surface area contributed by atoms with Gasteiger partial charge in [-0.2, -0.15) is 5.10 Å². The highest BCUT2D eigenvalue weighted by Gasteiger charge is 2.13. The number of benzene rings is 1. The Bertz CT molecular complexity index is 931. The van der Waals surface area contributed by atoms with Gasteiger partial charge in [-0.3, -0.25) is 9.58 Å². The first kappa shape index (κ1) is 18.9. The smallest absolute Gasteiger partial charge is 0.128 e. The lowest BCUT2D eigenvalue weighted by Crippen LogP contribution is -2.36. The number of pyridine rings is 1. The first-order valence-electron chi connectivity index (χ1n) is 10.0. The van der Waals surface area contributed by atoms with E-state index in [0.717, 1.165) is 80.3 Å². The van der Waals surface area contributed by atoms with Gasteiger partial charge < -0.3 is 9.47 Å². The van der Waals surface area contributed by atoms with Crippen molar-refractivity contribution in [3.05, 3.63) is 42.1 Å². The third kappa shape index (κ3) is 4.18. The van der Waals surface area contributed by atoms with Crippen LogP contribution in [-0.4, -0.2) is 59.1 Å². The number of nitrogens with zero attached hydrogens (tertiary/aromatic N) is 4.